The second-order valence-corrected chi connectivity index (χ2v) is 10.4. The zero-order valence-corrected chi connectivity index (χ0v) is 20.6. The number of hydrogen-bond donors (Lipinski definition) is 0. The highest BCUT2D eigenvalue weighted by Gasteiger charge is 2.38. The van der Waals surface area contributed by atoms with Crippen LogP contribution >= 0.6 is 11.6 Å². The van der Waals surface area contributed by atoms with E-state index in [4.69, 9.17) is 16.6 Å². The Balaban J connectivity index is 1.47. The average molecular weight is 477 g/mol. The number of aromatic nitrogens is 4. The molecule has 0 radical (unpaired) electrons. The van der Waals surface area contributed by atoms with Crippen molar-refractivity contribution in [1.29, 1.82) is 0 Å². The summed E-state index contributed by atoms with van der Waals surface area (Å²) in [4.78, 5) is 20.9. The predicted octanol–water partition coefficient (Wildman–Crippen LogP) is 4.56. The maximum absolute atomic E-state index is 13.6. The van der Waals surface area contributed by atoms with Gasteiger partial charge in [0.05, 0.1) is 17.8 Å². The Labute approximate surface area is 204 Å². The second kappa shape index (κ2) is 8.08. The van der Waals surface area contributed by atoms with Gasteiger partial charge in [-0.2, -0.15) is 0 Å². The zero-order valence-electron chi connectivity index (χ0n) is 19.8. The number of hydrogen-bond acceptors (Lipinski definition) is 4. The SMILES string of the molecule is Cc1c2c(cn1C)-n1c(C)nnc1[C@H](CC(=O)N1CC3CCC1CC3)N=C2c1ccc(Cl)cc1. The molecule has 1 aromatic carbocycles. The fraction of sp³-hybridized carbons (Fsp3) is 0.462. The van der Waals surface area contributed by atoms with Gasteiger partial charge in [-0.1, -0.05) is 23.7 Å². The largest absolute Gasteiger partial charge is 0.352 e. The number of carbonyl (C=O) groups is 1. The summed E-state index contributed by atoms with van der Waals surface area (Å²) in [6.07, 6.45) is 7.15. The number of piperidine rings is 2. The molecule has 7 nitrogen and oxygen atoms in total. The standard InChI is InChI=1S/C26H29ClN6O/c1-15-24-22(14-31(15)3)33-16(2)29-30-26(33)21(28-25(24)18-6-8-19(27)9-7-18)12-23(34)32-13-17-4-10-20(32)11-5-17/h6-9,14,17,20-21H,4-5,10-13H2,1-3H3/t17?,20?,21-/m0/s1. The summed E-state index contributed by atoms with van der Waals surface area (Å²) in [7, 11) is 2.04. The second-order valence-electron chi connectivity index (χ2n) is 9.95. The van der Waals surface area contributed by atoms with E-state index < -0.39 is 6.04 Å². The number of halogens is 1. The molecule has 0 spiro atoms. The van der Waals surface area contributed by atoms with Gasteiger partial charge in [-0.15, -0.1) is 10.2 Å². The molecule has 34 heavy (non-hydrogen) atoms. The lowest BCUT2D eigenvalue weighted by Crippen LogP contribution is -2.51. The molecule has 1 amide bonds. The highest BCUT2D eigenvalue weighted by molar-refractivity contribution is 6.30. The number of benzene rings is 1. The van der Waals surface area contributed by atoms with Gasteiger partial charge in [-0.25, -0.2) is 0 Å². The topological polar surface area (TPSA) is 68.3 Å². The van der Waals surface area contributed by atoms with Crippen LogP contribution in [0.1, 0.15) is 66.6 Å². The highest BCUT2D eigenvalue weighted by Crippen LogP contribution is 2.38. The van der Waals surface area contributed by atoms with Crippen molar-refractivity contribution in [3.05, 3.63) is 64.0 Å². The Morgan fingerprint density at radius 3 is 2.50 bits per heavy atom. The van der Waals surface area contributed by atoms with Gasteiger partial charge in [0, 0.05) is 47.7 Å². The van der Waals surface area contributed by atoms with Crippen LogP contribution in [0.25, 0.3) is 5.69 Å². The first-order valence-corrected chi connectivity index (χ1v) is 12.5. The van der Waals surface area contributed by atoms with E-state index in [1.165, 1.54) is 12.8 Å². The molecule has 8 heteroatoms. The van der Waals surface area contributed by atoms with Crippen LogP contribution in [0.4, 0.5) is 0 Å². The van der Waals surface area contributed by atoms with Crippen molar-refractivity contribution in [2.45, 2.75) is 58.0 Å². The summed E-state index contributed by atoms with van der Waals surface area (Å²) < 4.78 is 4.18. The molecule has 5 heterocycles. The van der Waals surface area contributed by atoms with Crippen molar-refractivity contribution < 1.29 is 4.79 Å². The number of nitrogens with zero attached hydrogens (tertiary/aromatic N) is 6. The van der Waals surface area contributed by atoms with E-state index in [0.29, 0.717) is 23.4 Å². The van der Waals surface area contributed by atoms with Crippen molar-refractivity contribution >= 4 is 23.2 Å². The Kier molecular flexibility index (Phi) is 5.13. The lowest BCUT2D eigenvalue weighted by Gasteiger charge is -2.45. The van der Waals surface area contributed by atoms with Gasteiger partial charge in [0.2, 0.25) is 5.91 Å². The van der Waals surface area contributed by atoms with E-state index >= 15 is 0 Å². The zero-order chi connectivity index (χ0) is 23.6. The quantitative estimate of drug-likeness (QED) is 0.556. The molecule has 2 bridgehead atoms. The van der Waals surface area contributed by atoms with Crippen molar-refractivity contribution in [3.63, 3.8) is 0 Å². The normalized spacial score (nSPS) is 23.4. The fourth-order valence-electron chi connectivity index (χ4n) is 5.96. The first kappa shape index (κ1) is 21.6. The van der Waals surface area contributed by atoms with Crippen molar-refractivity contribution in [2.24, 2.45) is 18.0 Å². The summed E-state index contributed by atoms with van der Waals surface area (Å²) in [5.41, 5.74) is 4.99. The lowest BCUT2D eigenvalue weighted by molar-refractivity contribution is -0.139. The first-order valence-electron chi connectivity index (χ1n) is 12.1. The number of fused-ring (bicyclic) bond motifs is 6. The molecule has 1 saturated carbocycles. The number of aliphatic imine (C=N–C) groups is 1. The van der Waals surface area contributed by atoms with E-state index in [2.05, 4.69) is 37.4 Å². The third-order valence-corrected chi connectivity index (χ3v) is 8.14. The molecule has 0 unspecified atom stereocenters. The number of amides is 1. The summed E-state index contributed by atoms with van der Waals surface area (Å²) in [6, 6.07) is 7.74. The van der Waals surface area contributed by atoms with E-state index in [9.17, 15) is 4.79 Å². The molecular formula is C26H29ClN6O. The lowest BCUT2D eigenvalue weighted by atomic mass is 9.80. The Bertz CT molecular complexity index is 1300. The van der Waals surface area contributed by atoms with Crippen LogP contribution in [0, 0.1) is 19.8 Å². The van der Waals surface area contributed by atoms with Crippen LogP contribution in [0.15, 0.2) is 35.5 Å². The van der Waals surface area contributed by atoms with Gasteiger partial charge in [-0.3, -0.25) is 14.4 Å². The molecular weight excluding hydrogens is 448 g/mol. The van der Waals surface area contributed by atoms with Crippen LogP contribution in [0.5, 0.6) is 0 Å². The fourth-order valence-corrected chi connectivity index (χ4v) is 6.08. The molecule has 0 N–H and O–H groups in total. The summed E-state index contributed by atoms with van der Waals surface area (Å²) in [5.74, 6) is 2.34. The molecule has 4 aliphatic rings. The maximum atomic E-state index is 13.6. The molecule has 1 aliphatic carbocycles. The highest BCUT2D eigenvalue weighted by atomic mass is 35.5. The number of carbonyl (C=O) groups excluding carboxylic acids is 1. The monoisotopic (exact) mass is 476 g/mol. The van der Waals surface area contributed by atoms with Crippen LogP contribution in [-0.4, -0.2) is 48.4 Å². The van der Waals surface area contributed by atoms with Crippen molar-refractivity contribution in [3.8, 4) is 5.69 Å². The van der Waals surface area contributed by atoms with Gasteiger partial charge in [0.1, 0.15) is 11.9 Å². The third-order valence-electron chi connectivity index (χ3n) is 7.89. The predicted molar refractivity (Wildman–Crippen MR) is 132 cm³/mol. The Morgan fingerprint density at radius 1 is 1.09 bits per heavy atom. The third kappa shape index (κ3) is 3.40. The summed E-state index contributed by atoms with van der Waals surface area (Å²) in [6.45, 7) is 4.94. The average Bonchev–Trinajstić information content (AvgIpc) is 3.32. The maximum Gasteiger partial charge on any atom is 0.225 e. The minimum absolute atomic E-state index is 0.176. The van der Waals surface area contributed by atoms with Crippen molar-refractivity contribution in [1.82, 2.24) is 24.2 Å². The minimum Gasteiger partial charge on any atom is -0.352 e. The van der Waals surface area contributed by atoms with Crippen molar-refractivity contribution in [2.75, 3.05) is 6.54 Å². The molecule has 176 valence electrons. The van der Waals surface area contributed by atoms with E-state index in [0.717, 1.165) is 59.3 Å². The van der Waals surface area contributed by atoms with E-state index in [-0.39, 0.29) is 5.91 Å². The molecule has 7 rings (SSSR count). The first-order chi connectivity index (χ1) is 16.4. The summed E-state index contributed by atoms with van der Waals surface area (Å²) >= 11 is 6.19. The van der Waals surface area contributed by atoms with E-state index in [1.54, 1.807) is 0 Å². The van der Waals surface area contributed by atoms with Gasteiger partial charge >= 0.3 is 0 Å². The Hall–Kier alpha value is -2.93. The van der Waals surface area contributed by atoms with Crippen LogP contribution in [0.3, 0.4) is 0 Å². The Morgan fingerprint density at radius 2 is 1.82 bits per heavy atom. The molecule has 3 aromatic rings. The molecule has 3 fully saturated rings. The van der Waals surface area contributed by atoms with Crippen LogP contribution < -0.4 is 0 Å². The molecule has 2 saturated heterocycles. The van der Waals surface area contributed by atoms with Gasteiger partial charge in [-0.05, 0) is 57.6 Å². The number of rotatable bonds is 3. The van der Waals surface area contributed by atoms with Gasteiger partial charge < -0.3 is 9.47 Å². The molecule has 2 aromatic heterocycles. The summed E-state index contributed by atoms with van der Waals surface area (Å²) in [5, 5.41) is 9.60. The van der Waals surface area contributed by atoms with Crippen LogP contribution in [-0.2, 0) is 11.8 Å². The molecule has 1 atom stereocenters. The number of aryl methyl sites for hydroxylation is 2. The van der Waals surface area contributed by atoms with Crippen LogP contribution in [0.2, 0.25) is 5.02 Å². The van der Waals surface area contributed by atoms with Gasteiger partial charge in [0.25, 0.3) is 0 Å². The molecule has 3 aliphatic heterocycles. The minimum atomic E-state index is -0.406. The smallest absolute Gasteiger partial charge is 0.225 e. The van der Waals surface area contributed by atoms with Gasteiger partial charge in [0.15, 0.2) is 5.82 Å². The van der Waals surface area contributed by atoms with E-state index in [1.807, 2.05) is 38.2 Å².